The number of hydrogen-bond acceptors (Lipinski definition) is 6. The molecule has 0 saturated heterocycles. The zero-order chi connectivity index (χ0) is 26.3. The number of benzene rings is 3. The maximum atomic E-state index is 6.99. The van der Waals surface area contributed by atoms with E-state index in [4.69, 9.17) is 23.0 Å². The Morgan fingerprint density at radius 3 is 2.43 bits per heavy atom. The van der Waals surface area contributed by atoms with Crippen molar-refractivity contribution in [2.75, 3.05) is 32.8 Å². The fourth-order valence-corrected chi connectivity index (χ4v) is 7.71. The van der Waals surface area contributed by atoms with Crippen LogP contribution >= 0.6 is 0 Å². The summed E-state index contributed by atoms with van der Waals surface area (Å²) in [4.78, 5) is 7.52. The van der Waals surface area contributed by atoms with Gasteiger partial charge in [-0.3, -0.25) is 4.99 Å². The lowest BCUT2D eigenvalue weighted by molar-refractivity contribution is 0.0778. The Kier molecular flexibility index (Phi) is 6.91. The summed E-state index contributed by atoms with van der Waals surface area (Å²) in [6.45, 7) is 7.64. The number of hydrogen-bond donors (Lipinski definition) is 0. The molecule has 3 aromatic rings. The lowest BCUT2D eigenvalue weighted by atomic mass is 9.77. The van der Waals surface area contributed by atoms with Gasteiger partial charge in [0.25, 0.3) is 0 Å². The van der Waals surface area contributed by atoms with E-state index in [0.29, 0.717) is 0 Å². The molecule has 2 aliphatic heterocycles. The second-order valence-electron chi connectivity index (χ2n) is 10.5. The van der Waals surface area contributed by atoms with Gasteiger partial charge in [0.15, 0.2) is 0 Å². The highest BCUT2D eigenvalue weighted by Gasteiger charge is 2.59. The van der Waals surface area contributed by atoms with Crippen molar-refractivity contribution in [2.24, 2.45) is 4.99 Å². The standard InChI is InChI=1S/C30H38N2O4Si/c1-7-18-32-26-13-9-8-12-25(26)29(2,3)30(32)21-31-28-24-20-22(11-10-19-37(33-4,34-5)35-6)14-15-23(24)16-17-27(28)36-30/h8-9,12-17,20-21H,7,10-11,18-19H2,1-6H3. The van der Waals surface area contributed by atoms with Crippen LogP contribution in [-0.2, 0) is 25.1 Å². The summed E-state index contributed by atoms with van der Waals surface area (Å²) in [5.74, 6) is 0.832. The van der Waals surface area contributed by atoms with Crippen molar-refractivity contribution in [3.05, 3.63) is 65.7 Å². The van der Waals surface area contributed by atoms with Crippen molar-refractivity contribution < 1.29 is 18.0 Å². The molecule has 37 heavy (non-hydrogen) atoms. The molecular formula is C30H38N2O4Si. The van der Waals surface area contributed by atoms with Gasteiger partial charge in [-0.25, -0.2) is 0 Å². The van der Waals surface area contributed by atoms with Crippen molar-refractivity contribution in [2.45, 2.75) is 57.2 Å². The fourth-order valence-electron chi connectivity index (χ4n) is 5.98. The molecule has 0 amide bonds. The Morgan fingerprint density at radius 1 is 0.973 bits per heavy atom. The number of anilines is 1. The average molecular weight is 519 g/mol. The fraction of sp³-hybridized carbons (Fsp3) is 0.433. The van der Waals surface area contributed by atoms with Gasteiger partial charge in [-0.1, -0.05) is 43.3 Å². The molecule has 196 valence electrons. The summed E-state index contributed by atoms with van der Waals surface area (Å²) in [5, 5.41) is 2.28. The summed E-state index contributed by atoms with van der Waals surface area (Å²) in [5.41, 5.74) is 3.75. The van der Waals surface area contributed by atoms with Crippen molar-refractivity contribution in [1.82, 2.24) is 0 Å². The Bertz CT molecular complexity index is 1310. The van der Waals surface area contributed by atoms with Crippen LogP contribution in [0.2, 0.25) is 6.04 Å². The summed E-state index contributed by atoms with van der Waals surface area (Å²) < 4.78 is 23.8. The van der Waals surface area contributed by atoms with E-state index < -0.39 is 14.5 Å². The Balaban J connectivity index is 1.48. The Labute approximate surface area is 221 Å². The lowest BCUT2D eigenvalue weighted by Gasteiger charge is -2.46. The minimum Gasteiger partial charge on any atom is -0.459 e. The quantitative estimate of drug-likeness (QED) is 0.297. The van der Waals surface area contributed by atoms with Crippen LogP contribution in [0.3, 0.4) is 0 Å². The molecule has 0 radical (unpaired) electrons. The second kappa shape index (κ2) is 9.87. The third kappa shape index (κ3) is 4.09. The van der Waals surface area contributed by atoms with Gasteiger partial charge in [-0.2, -0.15) is 0 Å². The molecule has 0 aliphatic carbocycles. The third-order valence-electron chi connectivity index (χ3n) is 8.15. The molecule has 2 heterocycles. The summed E-state index contributed by atoms with van der Waals surface area (Å²) >= 11 is 0. The van der Waals surface area contributed by atoms with Gasteiger partial charge in [0.05, 0.1) is 11.6 Å². The first-order chi connectivity index (χ1) is 17.8. The summed E-state index contributed by atoms with van der Waals surface area (Å²) in [6.07, 6.45) is 4.90. The highest BCUT2D eigenvalue weighted by Crippen LogP contribution is 2.54. The number of aryl methyl sites for hydroxylation is 1. The average Bonchev–Trinajstić information content (AvgIpc) is 3.10. The van der Waals surface area contributed by atoms with Crippen LogP contribution in [0.5, 0.6) is 5.75 Å². The minimum absolute atomic E-state index is 0.267. The van der Waals surface area contributed by atoms with Crippen LogP contribution in [0.4, 0.5) is 11.4 Å². The molecule has 1 unspecified atom stereocenters. The van der Waals surface area contributed by atoms with E-state index in [0.717, 1.165) is 54.1 Å². The van der Waals surface area contributed by atoms with Crippen molar-refractivity contribution >= 4 is 37.2 Å². The summed E-state index contributed by atoms with van der Waals surface area (Å²) in [7, 11) is 2.43. The molecule has 5 rings (SSSR count). The van der Waals surface area contributed by atoms with Crippen molar-refractivity contribution in [1.29, 1.82) is 0 Å². The maximum Gasteiger partial charge on any atom is 0.500 e. The lowest BCUT2D eigenvalue weighted by Crippen LogP contribution is -2.62. The molecule has 0 saturated carbocycles. The molecule has 0 N–H and O–H groups in total. The minimum atomic E-state index is -2.57. The van der Waals surface area contributed by atoms with Gasteiger partial charge in [-0.05, 0) is 67.8 Å². The first kappa shape index (κ1) is 25.9. The zero-order valence-corrected chi connectivity index (χ0v) is 23.8. The molecule has 0 fully saturated rings. The highest BCUT2D eigenvalue weighted by atomic mass is 28.4. The number of rotatable bonds is 9. The molecule has 2 aliphatic rings. The number of aliphatic imine (C=N–C) groups is 1. The molecule has 0 bridgehead atoms. The van der Waals surface area contributed by atoms with E-state index in [9.17, 15) is 0 Å². The van der Waals surface area contributed by atoms with E-state index in [1.165, 1.54) is 16.8 Å². The predicted octanol–water partition coefficient (Wildman–Crippen LogP) is 6.65. The van der Waals surface area contributed by atoms with Crippen LogP contribution < -0.4 is 9.64 Å². The van der Waals surface area contributed by atoms with Gasteiger partial charge in [-0.15, -0.1) is 0 Å². The molecule has 1 spiro atoms. The number of para-hydroxylation sites is 1. The van der Waals surface area contributed by atoms with Crippen LogP contribution in [0.15, 0.2) is 59.6 Å². The van der Waals surface area contributed by atoms with Gasteiger partial charge < -0.3 is 22.9 Å². The van der Waals surface area contributed by atoms with Crippen molar-refractivity contribution in [3.8, 4) is 5.75 Å². The zero-order valence-electron chi connectivity index (χ0n) is 22.8. The topological polar surface area (TPSA) is 52.5 Å². The van der Waals surface area contributed by atoms with Crippen LogP contribution in [0, 0.1) is 0 Å². The molecule has 3 aromatic carbocycles. The van der Waals surface area contributed by atoms with E-state index in [2.05, 4.69) is 80.3 Å². The van der Waals surface area contributed by atoms with Crippen LogP contribution in [0.1, 0.15) is 44.7 Å². The Morgan fingerprint density at radius 2 is 1.70 bits per heavy atom. The number of nitrogens with zero attached hydrogens (tertiary/aromatic N) is 2. The van der Waals surface area contributed by atoms with Gasteiger partial charge in [0, 0.05) is 45.0 Å². The molecule has 7 heteroatoms. The smallest absolute Gasteiger partial charge is 0.459 e. The van der Waals surface area contributed by atoms with Gasteiger partial charge in [0.1, 0.15) is 11.4 Å². The van der Waals surface area contributed by atoms with Gasteiger partial charge >= 0.3 is 8.80 Å². The third-order valence-corrected chi connectivity index (χ3v) is 11.0. The van der Waals surface area contributed by atoms with E-state index >= 15 is 0 Å². The first-order valence-corrected chi connectivity index (χ1v) is 15.1. The first-order valence-electron chi connectivity index (χ1n) is 13.2. The normalized spacial score (nSPS) is 19.8. The van der Waals surface area contributed by atoms with E-state index in [1.54, 1.807) is 21.3 Å². The SMILES string of the molecule is CCCN1c2ccccc2C(C)(C)C12C=Nc1c(ccc3ccc(CCC[Si](OC)(OC)OC)cc13)O2. The van der Waals surface area contributed by atoms with Crippen LogP contribution in [0.25, 0.3) is 10.8 Å². The van der Waals surface area contributed by atoms with Crippen LogP contribution in [-0.4, -0.2) is 48.6 Å². The molecule has 1 atom stereocenters. The van der Waals surface area contributed by atoms with E-state index in [1.807, 2.05) is 6.21 Å². The second-order valence-corrected chi connectivity index (χ2v) is 13.6. The number of fused-ring (bicyclic) bond motifs is 4. The largest absolute Gasteiger partial charge is 0.500 e. The molecule has 6 nitrogen and oxygen atoms in total. The Hall–Kier alpha value is -2.71. The van der Waals surface area contributed by atoms with E-state index in [-0.39, 0.29) is 5.41 Å². The van der Waals surface area contributed by atoms with Gasteiger partial charge in [0.2, 0.25) is 5.72 Å². The number of ether oxygens (including phenoxy) is 1. The van der Waals surface area contributed by atoms with Crippen molar-refractivity contribution in [3.63, 3.8) is 0 Å². The summed E-state index contributed by atoms with van der Waals surface area (Å²) in [6, 6.07) is 20.3. The monoisotopic (exact) mass is 518 g/mol. The molecule has 0 aromatic heterocycles. The molecular weight excluding hydrogens is 480 g/mol. The maximum absolute atomic E-state index is 6.99. The predicted molar refractivity (Wildman–Crippen MR) is 152 cm³/mol. The highest BCUT2D eigenvalue weighted by molar-refractivity contribution is 6.60.